The van der Waals surface area contributed by atoms with Crippen molar-refractivity contribution >= 4 is 18.2 Å². The van der Waals surface area contributed by atoms with Crippen LogP contribution in [0.2, 0.25) is 0 Å². The van der Waals surface area contributed by atoms with Crippen molar-refractivity contribution in [3.05, 3.63) is 10.4 Å². The zero-order chi connectivity index (χ0) is 19.3. The standard InChI is InChI=1S/C14H25N5O6/c1-4-24-12(22)16-8-6-5-7-10(11(20)21)18-13(23)25-14(2,3)9-17-19-15/h10H,4-9H2,1-3H3,(H,16,22)(H,18,23)(H,20,21)/t10-/m0/s1. The summed E-state index contributed by atoms with van der Waals surface area (Å²) in [5.74, 6) is -1.19. The molecule has 2 amide bonds. The molecule has 0 fully saturated rings. The van der Waals surface area contributed by atoms with Gasteiger partial charge in [-0.05, 0) is 45.6 Å². The van der Waals surface area contributed by atoms with Gasteiger partial charge in [0.1, 0.15) is 11.6 Å². The van der Waals surface area contributed by atoms with Crippen LogP contribution in [-0.2, 0) is 14.3 Å². The van der Waals surface area contributed by atoms with Gasteiger partial charge in [0.25, 0.3) is 0 Å². The van der Waals surface area contributed by atoms with Gasteiger partial charge in [-0.2, -0.15) is 0 Å². The first-order valence-electron chi connectivity index (χ1n) is 7.85. The molecule has 0 rings (SSSR count). The van der Waals surface area contributed by atoms with Crippen LogP contribution in [0.4, 0.5) is 9.59 Å². The zero-order valence-corrected chi connectivity index (χ0v) is 14.7. The topological polar surface area (TPSA) is 163 Å². The fourth-order valence-corrected chi connectivity index (χ4v) is 1.76. The lowest BCUT2D eigenvalue weighted by Crippen LogP contribution is -2.44. The van der Waals surface area contributed by atoms with Gasteiger partial charge in [-0.25, -0.2) is 14.4 Å². The van der Waals surface area contributed by atoms with Crippen LogP contribution in [0.5, 0.6) is 0 Å². The Labute approximate surface area is 145 Å². The SMILES string of the molecule is CCOC(=O)NCCCC[C@H](NC(=O)OC(C)(C)CN=[N+]=[N-])C(=O)O. The number of carboxylic acids is 1. The Morgan fingerprint density at radius 1 is 1.28 bits per heavy atom. The predicted molar refractivity (Wildman–Crippen MR) is 88.0 cm³/mol. The summed E-state index contributed by atoms with van der Waals surface area (Å²) in [6, 6.07) is -1.12. The van der Waals surface area contributed by atoms with E-state index in [9.17, 15) is 14.4 Å². The second kappa shape index (κ2) is 11.8. The first-order chi connectivity index (χ1) is 11.7. The van der Waals surface area contributed by atoms with E-state index in [0.29, 0.717) is 19.4 Å². The maximum absolute atomic E-state index is 11.8. The first kappa shape index (κ1) is 22.3. The molecule has 11 nitrogen and oxygen atoms in total. The van der Waals surface area contributed by atoms with E-state index in [0.717, 1.165) is 0 Å². The number of amides is 2. The third-order valence-electron chi connectivity index (χ3n) is 2.94. The van der Waals surface area contributed by atoms with Crippen molar-refractivity contribution in [1.82, 2.24) is 10.6 Å². The summed E-state index contributed by atoms with van der Waals surface area (Å²) in [7, 11) is 0. The number of nitrogens with zero attached hydrogens (tertiary/aromatic N) is 3. The fourth-order valence-electron chi connectivity index (χ4n) is 1.76. The van der Waals surface area contributed by atoms with Gasteiger partial charge in [0.2, 0.25) is 0 Å². The minimum atomic E-state index is -1.19. The van der Waals surface area contributed by atoms with Crippen LogP contribution >= 0.6 is 0 Å². The van der Waals surface area contributed by atoms with Crippen LogP contribution in [0.3, 0.4) is 0 Å². The first-order valence-corrected chi connectivity index (χ1v) is 7.85. The number of hydrogen-bond acceptors (Lipinski definition) is 6. The third kappa shape index (κ3) is 11.5. The number of nitrogens with one attached hydrogen (secondary N) is 2. The molecule has 0 aromatic carbocycles. The molecule has 142 valence electrons. The maximum atomic E-state index is 11.8. The smallest absolute Gasteiger partial charge is 0.408 e. The molecule has 3 N–H and O–H groups in total. The number of unbranched alkanes of at least 4 members (excludes halogenated alkanes) is 1. The van der Waals surface area contributed by atoms with E-state index in [4.69, 9.17) is 15.4 Å². The van der Waals surface area contributed by atoms with E-state index in [-0.39, 0.29) is 19.6 Å². The monoisotopic (exact) mass is 359 g/mol. The van der Waals surface area contributed by atoms with Crippen molar-refractivity contribution in [2.24, 2.45) is 5.11 Å². The number of carbonyl (C=O) groups excluding carboxylic acids is 2. The van der Waals surface area contributed by atoms with Crippen molar-refractivity contribution in [3.8, 4) is 0 Å². The second-order valence-corrected chi connectivity index (χ2v) is 5.72. The largest absolute Gasteiger partial charge is 0.480 e. The Morgan fingerprint density at radius 2 is 1.96 bits per heavy atom. The third-order valence-corrected chi connectivity index (χ3v) is 2.94. The van der Waals surface area contributed by atoms with Gasteiger partial charge in [-0.1, -0.05) is 5.11 Å². The molecule has 0 saturated carbocycles. The highest BCUT2D eigenvalue weighted by atomic mass is 16.6. The van der Waals surface area contributed by atoms with Gasteiger partial charge in [-0.15, -0.1) is 0 Å². The van der Waals surface area contributed by atoms with E-state index >= 15 is 0 Å². The lowest BCUT2D eigenvalue weighted by molar-refractivity contribution is -0.139. The van der Waals surface area contributed by atoms with Gasteiger partial charge >= 0.3 is 18.2 Å². The molecule has 11 heteroatoms. The minimum absolute atomic E-state index is 0.0752. The number of hydrogen-bond donors (Lipinski definition) is 3. The molecule has 0 unspecified atom stereocenters. The summed E-state index contributed by atoms with van der Waals surface area (Å²) in [5, 5.41) is 17.3. The molecule has 0 aliphatic carbocycles. The molecule has 25 heavy (non-hydrogen) atoms. The highest BCUT2D eigenvalue weighted by molar-refractivity contribution is 5.80. The van der Waals surface area contributed by atoms with Crippen LogP contribution in [-0.4, -0.2) is 54.6 Å². The highest BCUT2D eigenvalue weighted by Crippen LogP contribution is 2.11. The number of alkyl carbamates (subject to hydrolysis) is 2. The highest BCUT2D eigenvalue weighted by Gasteiger charge is 2.26. The number of carbonyl (C=O) groups is 3. The van der Waals surface area contributed by atoms with Crippen molar-refractivity contribution in [3.63, 3.8) is 0 Å². The molecule has 0 saturated heterocycles. The molecule has 1 atom stereocenters. The van der Waals surface area contributed by atoms with E-state index in [1.165, 1.54) is 13.8 Å². The summed E-state index contributed by atoms with van der Waals surface area (Å²) in [4.78, 5) is 36.6. The Hall–Kier alpha value is -2.68. The van der Waals surface area contributed by atoms with Crippen LogP contribution in [0, 0.1) is 0 Å². The number of ether oxygens (including phenoxy) is 2. The maximum Gasteiger partial charge on any atom is 0.408 e. The van der Waals surface area contributed by atoms with Gasteiger partial charge in [0.05, 0.1) is 13.2 Å². The normalized spacial score (nSPS) is 11.6. The molecule has 0 bridgehead atoms. The number of aliphatic carboxylic acids is 1. The Balaban J connectivity index is 4.24. The van der Waals surface area contributed by atoms with Gasteiger partial charge in [0, 0.05) is 11.5 Å². The summed E-state index contributed by atoms with van der Waals surface area (Å²) in [6.07, 6.45) is -0.268. The molecule has 0 radical (unpaired) electrons. The number of rotatable bonds is 11. The van der Waals surface area contributed by atoms with Crippen LogP contribution < -0.4 is 10.6 Å². The Morgan fingerprint density at radius 3 is 2.52 bits per heavy atom. The van der Waals surface area contributed by atoms with E-state index in [1.54, 1.807) is 6.92 Å². The summed E-state index contributed by atoms with van der Waals surface area (Å²) >= 11 is 0. The minimum Gasteiger partial charge on any atom is -0.480 e. The van der Waals surface area contributed by atoms with E-state index < -0.39 is 29.8 Å². The molecule has 0 aliphatic heterocycles. The molecule has 0 spiro atoms. The molecular formula is C14H25N5O6. The average Bonchev–Trinajstić information content (AvgIpc) is 2.51. The lowest BCUT2D eigenvalue weighted by atomic mass is 10.1. The van der Waals surface area contributed by atoms with Gasteiger partial charge in [0.15, 0.2) is 0 Å². The Kier molecular flexibility index (Phi) is 10.5. The summed E-state index contributed by atoms with van der Waals surface area (Å²) < 4.78 is 9.74. The number of azide groups is 1. The second-order valence-electron chi connectivity index (χ2n) is 5.72. The van der Waals surface area contributed by atoms with Crippen LogP contribution in [0.1, 0.15) is 40.0 Å². The fraction of sp³-hybridized carbons (Fsp3) is 0.786. The molecule has 0 aromatic rings. The summed E-state index contributed by atoms with van der Waals surface area (Å²) in [5.41, 5.74) is 7.22. The summed E-state index contributed by atoms with van der Waals surface area (Å²) in [6.45, 7) is 5.31. The van der Waals surface area contributed by atoms with Gasteiger partial charge in [-0.3, -0.25) is 0 Å². The lowest BCUT2D eigenvalue weighted by Gasteiger charge is -2.24. The average molecular weight is 359 g/mol. The molecule has 0 aliphatic rings. The predicted octanol–water partition coefficient (Wildman–Crippen LogP) is 2.17. The van der Waals surface area contributed by atoms with E-state index in [2.05, 4.69) is 25.4 Å². The van der Waals surface area contributed by atoms with Crippen molar-refractivity contribution in [1.29, 1.82) is 0 Å². The molecule has 0 heterocycles. The Bertz CT molecular complexity index is 504. The van der Waals surface area contributed by atoms with Crippen molar-refractivity contribution in [2.45, 2.75) is 51.7 Å². The zero-order valence-electron chi connectivity index (χ0n) is 14.7. The molecule has 0 aromatic heterocycles. The van der Waals surface area contributed by atoms with Crippen LogP contribution in [0.25, 0.3) is 10.4 Å². The van der Waals surface area contributed by atoms with E-state index in [1.807, 2.05) is 0 Å². The van der Waals surface area contributed by atoms with Crippen LogP contribution in [0.15, 0.2) is 5.11 Å². The number of carboxylic acid groups (broad SMARTS) is 1. The van der Waals surface area contributed by atoms with Crippen molar-refractivity contribution in [2.75, 3.05) is 19.7 Å². The molecular weight excluding hydrogens is 334 g/mol. The van der Waals surface area contributed by atoms with Gasteiger partial charge < -0.3 is 25.2 Å². The van der Waals surface area contributed by atoms with Crippen molar-refractivity contribution < 1.29 is 29.0 Å². The quantitative estimate of drug-likeness (QED) is 0.221.